The Bertz CT molecular complexity index is 1180. The molecule has 1 aliphatic heterocycles. The van der Waals surface area contributed by atoms with Crippen molar-refractivity contribution >= 4 is 46.6 Å². The second-order valence-electron chi connectivity index (χ2n) is 6.85. The zero-order chi connectivity index (χ0) is 22.0. The number of benzene rings is 3. The highest BCUT2D eigenvalue weighted by Crippen LogP contribution is 2.38. The summed E-state index contributed by atoms with van der Waals surface area (Å²) in [4.78, 5) is 29.1. The summed E-state index contributed by atoms with van der Waals surface area (Å²) in [6, 6.07) is 21.6. The molecule has 5 nitrogen and oxygen atoms in total. The molecule has 0 aromatic heterocycles. The first-order valence-electron chi connectivity index (χ1n) is 9.51. The van der Waals surface area contributed by atoms with E-state index in [1.54, 1.807) is 49.6 Å². The summed E-state index contributed by atoms with van der Waals surface area (Å²) in [6.45, 7) is 1.89. The summed E-state index contributed by atoms with van der Waals surface area (Å²) in [7, 11) is 1.56. The van der Waals surface area contributed by atoms with Crippen molar-refractivity contribution in [3.8, 4) is 5.75 Å². The van der Waals surface area contributed by atoms with E-state index in [1.165, 1.54) is 16.7 Å². The van der Waals surface area contributed by atoms with E-state index >= 15 is 0 Å². The van der Waals surface area contributed by atoms with Crippen LogP contribution in [-0.4, -0.2) is 18.9 Å². The molecule has 0 atom stereocenters. The van der Waals surface area contributed by atoms with E-state index in [-0.39, 0.29) is 11.6 Å². The summed E-state index contributed by atoms with van der Waals surface area (Å²) >= 11 is 7.33. The first-order chi connectivity index (χ1) is 15.0. The zero-order valence-corrected chi connectivity index (χ0v) is 18.5. The lowest BCUT2D eigenvalue weighted by molar-refractivity contribution is -0.120. The largest absolute Gasteiger partial charge is 0.497 e. The summed E-state index contributed by atoms with van der Waals surface area (Å²) < 4.78 is 5.18. The minimum Gasteiger partial charge on any atom is -0.497 e. The minimum absolute atomic E-state index is 0.236. The third kappa shape index (κ3) is 4.31. The van der Waals surface area contributed by atoms with E-state index in [4.69, 9.17) is 16.3 Å². The molecule has 1 N–H and O–H groups in total. The van der Waals surface area contributed by atoms with Gasteiger partial charge in [0.2, 0.25) is 0 Å². The van der Waals surface area contributed by atoms with Crippen molar-refractivity contribution in [1.82, 2.24) is 0 Å². The number of ether oxygens (including phenoxy) is 1. The summed E-state index contributed by atoms with van der Waals surface area (Å²) in [6.07, 6.45) is 0. The number of carbonyl (C=O) groups excluding carboxylic acids is 2. The first kappa shape index (κ1) is 21.0. The first-order valence-corrected chi connectivity index (χ1v) is 10.7. The molecule has 0 saturated carbocycles. The SMILES string of the molecule is COc1ccc(N2C(=O)C(Nc3ccc(Cl)cc3C)=C(Sc3ccccc3)C2=O)cc1. The number of anilines is 2. The lowest BCUT2D eigenvalue weighted by Gasteiger charge is -2.16. The van der Waals surface area contributed by atoms with Gasteiger partial charge in [-0.2, -0.15) is 0 Å². The summed E-state index contributed by atoms with van der Waals surface area (Å²) in [5.74, 6) is -0.147. The fourth-order valence-electron chi connectivity index (χ4n) is 3.19. The highest BCUT2D eigenvalue weighted by Gasteiger charge is 2.40. The van der Waals surface area contributed by atoms with Crippen LogP contribution in [0.4, 0.5) is 11.4 Å². The Morgan fingerprint density at radius 2 is 1.65 bits per heavy atom. The normalized spacial score (nSPS) is 13.7. The van der Waals surface area contributed by atoms with Gasteiger partial charge in [-0.05, 0) is 67.1 Å². The maximum absolute atomic E-state index is 13.4. The van der Waals surface area contributed by atoms with Crippen LogP contribution in [0.3, 0.4) is 0 Å². The highest BCUT2D eigenvalue weighted by atomic mass is 35.5. The molecule has 2 amide bonds. The third-order valence-electron chi connectivity index (χ3n) is 4.78. The van der Waals surface area contributed by atoms with Crippen LogP contribution in [0.1, 0.15) is 5.56 Å². The van der Waals surface area contributed by atoms with E-state index in [2.05, 4.69) is 5.32 Å². The number of carbonyl (C=O) groups is 2. The van der Waals surface area contributed by atoms with Gasteiger partial charge in [0.25, 0.3) is 11.8 Å². The average Bonchev–Trinajstić information content (AvgIpc) is 3.00. The lowest BCUT2D eigenvalue weighted by atomic mass is 10.2. The van der Waals surface area contributed by atoms with Gasteiger partial charge in [-0.1, -0.05) is 41.6 Å². The van der Waals surface area contributed by atoms with Crippen LogP contribution in [0, 0.1) is 6.92 Å². The number of amides is 2. The fraction of sp³-hybridized carbons (Fsp3) is 0.0833. The molecule has 3 aromatic carbocycles. The van der Waals surface area contributed by atoms with Crippen LogP contribution in [0.25, 0.3) is 0 Å². The molecule has 4 rings (SSSR count). The van der Waals surface area contributed by atoms with Crippen LogP contribution in [-0.2, 0) is 9.59 Å². The second kappa shape index (κ2) is 8.88. The van der Waals surface area contributed by atoms with Crippen molar-refractivity contribution in [3.63, 3.8) is 0 Å². The fourth-order valence-corrected chi connectivity index (χ4v) is 4.36. The summed E-state index contributed by atoms with van der Waals surface area (Å²) in [5.41, 5.74) is 2.29. The Balaban J connectivity index is 1.74. The van der Waals surface area contributed by atoms with Crippen LogP contribution < -0.4 is 15.0 Å². The number of hydrogen-bond donors (Lipinski definition) is 1. The van der Waals surface area contributed by atoms with Crippen LogP contribution >= 0.6 is 23.4 Å². The van der Waals surface area contributed by atoms with Gasteiger partial charge in [0.1, 0.15) is 16.4 Å². The number of hydrogen-bond acceptors (Lipinski definition) is 5. The number of methoxy groups -OCH3 is 1. The maximum Gasteiger partial charge on any atom is 0.283 e. The van der Waals surface area contributed by atoms with E-state index in [9.17, 15) is 9.59 Å². The van der Waals surface area contributed by atoms with Crippen molar-refractivity contribution in [2.75, 3.05) is 17.3 Å². The molecule has 7 heteroatoms. The molecule has 156 valence electrons. The van der Waals surface area contributed by atoms with Gasteiger partial charge in [0, 0.05) is 15.6 Å². The molecule has 1 aliphatic rings. The van der Waals surface area contributed by atoms with Gasteiger partial charge < -0.3 is 10.1 Å². The zero-order valence-electron chi connectivity index (χ0n) is 16.9. The van der Waals surface area contributed by atoms with Gasteiger partial charge in [-0.3, -0.25) is 9.59 Å². The van der Waals surface area contributed by atoms with Crippen molar-refractivity contribution < 1.29 is 14.3 Å². The molecule has 0 saturated heterocycles. The molecule has 0 radical (unpaired) electrons. The Hall–Kier alpha value is -3.22. The van der Waals surface area contributed by atoms with Crippen molar-refractivity contribution in [3.05, 3.63) is 94.0 Å². The molecular formula is C24H19ClN2O3S. The predicted octanol–water partition coefficient (Wildman–Crippen LogP) is 5.65. The van der Waals surface area contributed by atoms with E-state index in [0.29, 0.717) is 27.1 Å². The van der Waals surface area contributed by atoms with Crippen LogP contribution in [0.15, 0.2) is 88.3 Å². The Kier molecular flexibility index (Phi) is 6.02. The van der Waals surface area contributed by atoms with Gasteiger partial charge in [0.05, 0.1) is 12.8 Å². The average molecular weight is 451 g/mol. The number of halogens is 1. The van der Waals surface area contributed by atoms with Gasteiger partial charge in [0.15, 0.2) is 0 Å². The van der Waals surface area contributed by atoms with Crippen molar-refractivity contribution in [1.29, 1.82) is 0 Å². The van der Waals surface area contributed by atoms with E-state index < -0.39 is 5.91 Å². The summed E-state index contributed by atoms with van der Waals surface area (Å²) in [5, 5.41) is 3.77. The number of nitrogens with zero attached hydrogens (tertiary/aromatic N) is 1. The quantitative estimate of drug-likeness (QED) is 0.492. The van der Waals surface area contributed by atoms with Crippen molar-refractivity contribution in [2.45, 2.75) is 11.8 Å². The smallest absolute Gasteiger partial charge is 0.283 e. The minimum atomic E-state index is -0.414. The predicted molar refractivity (Wildman–Crippen MR) is 125 cm³/mol. The Morgan fingerprint density at radius 3 is 2.29 bits per heavy atom. The molecule has 0 spiro atoms. The molecule has 0 unspecified atom stereocenters. The third-order valence-corrected chi connectivity index (χ3v) is 6.11. The van der Waals surface area contributed by atoms with Gasteiger partial charge >= 0.3 is 0 Å². The van der Waals surface area contributed by atoms with Crippen molar-refractivity contribution in [2.24, 2.45) is 0 Å². The Morgan fingerprint density at radius 1 is 0.935 bits per heavy atom. The topological polar surface area (TPSA) is 58.6 Å². The highest BCUT2D eigenvalue weighted by molar-refractivity contribution is 8.04. The van der Waals surface area contributed by atoms with Gasteiger partial charge in [-0.15, -0.1) is 0 Å². The molecule has 0 aliphatic carbocycles. The molecule has 3 aromatic rings. The molecular weight excluding hydrogens is 432 g/mol. The monoisotopic (exact) mass is 450 g/mol. The van der Waals surface area contributed by atoms with Crippen LogP contribution in [0.5, 0.6) is 5.75 Å². The number of aryl methyl sites for hydroxylation is 1. The number of thioether (sulfide) groups is 1. The maximum atomic E-state index is 13.4. The van der Waals surface area contributed by atoms with Gasteiger partial charge in [-0.25, -0.2) is 4.90 Å². The van der Waals surface area contributed by atoms with E-state index in [0.717, 1.165) is 10.5 Å². The van der Waals surface area contributed by atoms with E-state index in [1.807, 2.05) is 37.3 Å². The Labute approximate surface area is 189 Å². The number of nitrogens with one attached hydrogen (secondary N) is 1. The number of imide groups is 1. The molecule has 0 bridgehead atoms. The molecule has 0 fully saturated rings. The second-order valence-corrected chi connectivity index (χ2v) is 8.37. The molecule has 31 heavy (non-hydrogen) atoms. The number of rotatable bonds is 6. The lowest BCUT2D eigenvalue weighted by Crippen LogP contribution is -2.32. The van der Waals surface area contributed by atoms with Crippen LogP contribution in [0.2, 0.25) is 5.02 Å². The standard InChI is InChI=1S/C24H19ClN2O3S/c1-15-14-16(25)8-13-20(15)26-21-22(31-19-6-4-3-5-7-19)24(29)27(23(21)28)17-9-11-18(30-2)12-10-17/h3-14,26H,1-2H3. The molecule has 1 heterocycles.